The van der Waals surface area contributed by atoms with Crippen molar-refractivity contribution in [2.24, 2.45) is 0 Å². The summed E-state index contributed by atoms with van der Waals surface area (Å²) in [6.45, 7) is 0. The molecule has 2 unspecified atom stereocenters. The third kappa shape index (κ3) is 5.24. The Bertz CT molecular complexity index is 407. The van der Waals surface area contributed by atoms with Gasteiger partial charge in [-0.3, -0.25) is 8.74 Å². The van der Waals surface area contributed by atoms with E-state index in [2.05, 4.69) is 4.18 Å². The average molecular weight is 272 g/mol. The van der Waals surface area contributed by atoms with E-state index in [-0.39, 0.29) is 5.56 Å². The fourth-order valence-corrected chi connectivity index (χ4v) is 1.60. The zero-order chi connectivity index (χ0) is 13.1. The van der Waals surface area contributed by atoms with E-state index >= 15 is 0 Å². The number of hydrogen-bond acceptors (Lipinski definition) is 2. The van der Waals surface area contributed by atoms with Gasteiger partial charge in [-0.1, -0.05) is 12.1 Å². The lowest BCUT2D eigenvalue weighted by Gasteiger charge is -2.17. The van der Waals surface area contributed by atoms with Gasteiger partial charge < -0.3 is 0 Å². The van der Waals surface area contributed by atoms with Gasteiger partial charge in [-0.15, -0.1) is 0 Å². The maximum Gasteiger partial charge on any atom is 0.391 e. The van der Waals surface area contributed by atoms with Gasteiger partial charge in [0.15, 0.2) is 0 Å². The molecule has 0 saturated carbocycles. The summed E-state index contributed by atoms with van der Waals surface area (Å²) in [6, 6.07) is 4.25. The molecular formula is C9H8F4O3S. The van der Waals surface area contributed by atoms with Crippen molar-refractivity contribution in [1.82, 2.24) is 0 Å². The first-order chi connectivity index (χ1) is 7.78. The van der Waals surface area contributed by atoms with Crippen molar-refractivity contribution in [2.75, 3.05) is 0 Å². The van der Waals surface area contributed by atoms with Gasteiger partial charge in [0.05, 0.1) is 6.42 Å². The van der Waals surface area contributed by atoms with Crippen LogP contribution in [0.15, 0.2) is 24.3 Å². The Morgan fingerprint density at radius 3 is 2.53 bits per heavy atom. The number of benzene rings is 1. The molecule has 0 aliphatic carbocycles. The van der Waals surface area contributed by atoms with E-state index in [1.165, 1.54) is 12.1 Å². The normalized spacial score (nSPS) is 15.6. The van der Waals surface area contributed by atoms with Gasteiger partial charge in [0.25, 0.3) is 0 Å². The predicted octanol–water partition coefficient (Wildman–Crippen LogP) is 2.97. The first-order valence-corrected chi connectivity index (χ1v) is 5.41. The third-order valence-corrected chi connectivity index (χ3v) is 2.23. The summed E-state index contributed by atoms with van der Waals surface area (Å²) in [5, 5.41) is 0. The molecule has 0 spiro atoms. The van der Waals surface area contributed by atoms with Crippen LogP contribution in [0.3, 0.4) is 0 Å². The minimum atomic E-state index is -4.59. The van der Waals surface area contributed by atoms with Gasteiger partial charge in [0, 0.05) is 0 Å². The van der Waals surface area contributed by atoms with E-state index in [0.717, 1.165) is 12.1 Å². The van der Waals surface area contributed by atoms with Gasteiger partial charge >= 0.3 is 17.5 Å². The SMILES string of the molecule is O=S(O)OC(CC(F)(F)F)c1cccc(F)c1. The molecule has 17 heavy (non-hydrogen) atoms. The molecule has 0 aromatic heterocycles. The molecule has 1 aromatic rings. The predicted molar refractivity (Wildman–Crippen MR) is 51.7 cm³/mol. The standard InChI is InChI=1S/C9H8F4O3S/c10-7-3-1-2-6(4-7)8(16-17(14)15)5-9(11,12)13/h1-4,8H,5H2,(H,14,15). The minimum absolute atomic E-state index is 0.148. The maximum atomic E-state index is 12.8. The van der Waals surface area contributed by atoms with Gasteiger partial charge in [0.1, 0.15) is 11.9 Å². The van der Waals surface area contributed by atoms with Crippen LogP contribution in [0.5, 0.6) is 0 Å². The lowest BCUT2D eigenvalue weighted by molar-refractivity contribution is -0.151. The Balaban J connectivity index is 2.93. The second kappa shape index (κ2) is 5.56. The van der Waals surface area contributed by atoms with Gasteiger partial charge in [-0.05, 0) is 17.7 Å². The molecule has 1 N–H and O–H groups in total. The summed E-state index contributed by atoms with van der Waals surface area (Å²) in [5.41, 5.74) is -0.148. The number of hydrogen-bond donors (Lipinski definition) is 1. The monoisotopic (exact) mass is 272 g/mol. The highest BCUT2D eigenvalue weighted by atomic mass is 32.2. The summed E-state index contributed by atoms with van der Waals surface area (Å²) in [5.74, 6) is -0.748. The summed E-state index contributed by atoms with van der Waals surface area (Å²) >= 11 is -2.86. The molecule has 3 nitrogen and oxygen atoms in total. The molecule has 1 rings (SSSR count). The van der Waals surface area contributed by atoms with E-state index in [9.17, 15) is 21.8 Å². The first kappa shape index (κ1) is 14.1. The molecule has 0 aliphatic rings. The van der Waals surface area contributed by atoms with Crippen molar-refractivity contribution >= 4 is 11.4 Å². The van der Waals surface area contributed by atoms with Crippen LogP contribution in [0, 0.1) is 5.82 Å². The molecule has 2 atom stereocenters. The van der Waals surface area contributed by atoms with Crippen molar-refractivity contribution in [2.45, 2.75) is 18.7 Å². The number of alkyl halides is 3. The summed E-state index contributed by atoms with van der Waals surface area (Å²) in [6.07, 6.45) is -7.77. The van der Waals surface area contributed by atoms with E-state index in [0.29, 0.717) is 0 Å². The average Bonchev–Trinajstić information content (AvgIpc) is 2.13. The molecule has 0 bridgehead atoms. The molecule has 0 radical (unpaired) electrons. The zero-order valence-corrected chi connectivity index (χ0v) is 9.09. The topological polar surface area (TPSA) is 46.5 Å². The summed E-state index contributed by atoms with van der Waals surface area (Å²) in [4.78, 5) is 0. The van der Waals surface area contributed by atoms with Crippen molar-refractivity contribution in [3.63, 3.8) is 0 Å². The van der Waals surface area contributed by atoms with Crippen LogP contribution < -0.4 is 0 Å². The van der Waals surface area contributed by atoms with Crippen molar-refractivity contribution in [1.29, 1.82) is 0 Å². The van der Waals surface area contributed by atoms with Crippen molar-refractivity contribution < 1.29 is 30.5 Å². The summed E-state index contributed by atoms with van der Waals surface area (Å²) in [7, 11) is 0. The third-order valence-electron chi connectivity index (χ3n) is 1.84. The highest BCUT2D eigenvalue weighted by molar-refractivity contribution is 7.74. The summed E-state index contributed by atoms with van der Waals surface area (Å²) < 4.78 is 72.4. The number of halogens is 4. The fourth-order valence-electron chi connectivity index (χ4n) is 1.22. The second-order valence-electron chi connectivity index (χ2n) is 3.18. The molecular weight excluding hydrogens is 264 g/mol. The van der Waals surface area contributed by atoms with Gasteiger partial charge in [0.2, 0.25) is 0 Å². The molecule has 0 saturated heterocycles. The molecule has 8 heteroatoms. The van der Waals surface area contributed by atoms with Gasteiger partial charge in [-0.25, -0.2) is 4.39 Å². The fraction of sp³-hybridized carbons (Fsp3) is 0.333. The minimum Gasteiger partial charge on any atom is -0.284 e. The Hall–Kier alpha value is -0.990. The highest BCUT2D eigenvalue weighted by Crippen LogP contribution is 2.32. The molecule has 0 aliphatic heterocycles. The van der Waals surface area contributed by atoms with Crippen LogP contribution in [0.4, 0.5) is 17.6 Å². The van der Waals surface area contributed by atoms with E-state index < -0.39 is 35.9 Å². The lowest BCUT2D eigenvalue weighted by atomic mass is 10.1. The molecule has 96 valence electrons. The van der Waals surface area contributed by atoms with Crippen molar-refractivity contribution in [3.8, 4) is 0 Å². The van der Waals surface area contributed by atoms with Crippen LogP contribution in [-0.2, 0) is 15.5 Å². The van der Waals surface area contributed by atoms with E-state index in [1.807, 2.05) is 0 Å². The molecule has 0 heterocycles. The molecule has 1 aromatic carbocycles. The quantitative estimate of drug-likeness (QED) is 0.677. The van der Waals surface area contributed by atoms with Crippen LogP contribution >= 0.6 is 0 Å². The largest absolute Gasteiger partial charge is 0.391 e. The van der Waals surface area contributed by atoms with Crippen LogP contribution in [0.25, 0.3) is 0 Å². The molecule has 0 fully saturated rings. The Kier molecular flexibility index (Phi) is 4.61. The van der Waals surface area contributed by atoms with Crippen LogP contribution in [-0.4, -0.2) is 14.9 Å². The van der Waals surface area contributed by atoms with Crippen LogP contribution in [0.1, 0.15) is 18.1 Å². The Labute approximate surface area is 96.9 Å². The Morgan fingerprint density at radius 1 is 1.41 bits per heavy atom. The highest BCUT2D eigenvalue weighted by Gasteiger charge is 2.34. The zero-order valence-electron chi connectivity index (χ0n) is 8.28. The van der Waals surface area contributed by atoms with E-state index in [1.54, 1.807) is 0 Å². The van der Waals surface area contributed by atoms with E-state index in [4.69, 9.17) is 4.55 Å². The van der Waals surface area contributed by atoms with Gasteiger partial charge in [-0.2, -0.15) is 17.4 Å². The molecule has 0 amide bonds. The maximum absolute atomic E-state index is 12.8. The Morgan fingerprint density at radius 2 is 2.06 bits per heavy atom. The van der Waals surface area contributed by atoms with Crippen LogP contribution in [0.2, 0.25) is 0 Å². The first-order valence-electron chi connectivity index (χ1n) is 4.38. The lowest BCUT2D eigenvalue weighted by Crippen LogP contribution is -2.17. The van der Waals surface area contributed by atoms with Crippen molar-refractivity contribution in [3.05, 3.63) is 35.6 Å². The smallest absolute Gasteiger partial charge is 0.284 e. The number of rotatable bonds is 4. The second-order valence-corrected chi connectivity index (χ2v) is 3.80.